The molecule has 0 fully saturated rings. The van der Waals surface area contributed by atoms with E-state index >= 15 is 0 Å². The Morgan fingerprint density at radius 1 is 1.14 bits per heavy atom. The second-order valence-electron chi connectivity index (χ2n) is 4.77. The van der Waals surface area contributed by atoms with Crippen molar-refractivity contribution in [3.8, 4) is 6.07 Å². The van der Waals surface area contributed by atoms with E-state index in [-0.39, 0.29) is 18.4 Å². The van der Waals surface area contributed by atoms with Crippen molar-refractivity contribution >= 4 is 17.5 Å². The topological polar surface area (TPSA) is 73.2 Å². The van der Waals surface area contributed by atoms with Crippen LogP contribution in [0.1, 0.15) is 15.9 Å². The Balaban J connectivity index is 1.99. The minimum atomic E-state index is -0.305. The number of amides is 2. The minimum absolute atomic E-state index is 0.0650. The molecule has 0 aliphatic rings. The number of carbonyl (C=O) groups is 2. The van der Waals surface area contributed by atoms with Crippen molar-refractivity contribution in [2.45, 2.75) is 0 Å². The highest BCUT2D eigenvalue weighted by atomic mass is 16.2. The van der Waals surface area contributed by atoms with Gasteiger partial charge in [0.25, 0.3) is 5.91 Å². The molecule has 2 rings (SSSR count). The molecule has 0 aliphatic heterocycles. The molecule has 2 aromatic carbocycles. The summed E-state index contributed by atoms with van der Waals surface area (Å²) in [6, 6.07) is 17.4. The Kier molecular flexibility index (Phi) is 4.89. The van der Waals surface area contributed by atoms with Crippen LogP contribution in [0.25, 0.3) is 0 Å². The van der Waals surface area contributed by atoms with Gasteiger partial charge in [0.05, 0.1) is 18.2 Å². The van der Waals surface area contributed by atoms with E-state index in [1.165, 1.54) is 11.0 Å². The maximum Gasteiger partial charge on any atom is 0.254 e. The van der Waals surface area contributed by atoms with Crippen molar-refractivity contribution in [3.05, 3.63) is 65.7 Å². The second kappa shape index (κ2) is 7.04. The van der Waals surface area contributed by atoms with Crippen LogP contribution in [-0.2, 0) is 4.79 Å². The van der Waals surface area contributed by atoms with E-state index in [4.69, 9.17) is 5.26 Å². The molecule has 0 saturated carbocycles. The maximum absolute atomic E-state index is 12.2. The van der Waals surface area contributed by atoms with Crippen LogP contribution in [0.2, 0.25) is 0 Å². The summed E-state index contributed by atoms with van der Waals surface area (Å²) in [6.45, 7) is -0.0650. The van der Waals surface area contributed by atoms with Gasteiger partial charge >= 0.3 is 0 Å². The average molecular weight is 293 g/mol. The van der Waals surface area contributed by atoms with E-state index < -0.39 is 0 Å². The molecule has 0 radical (unpaired) electrons. The standard InChI is InChI=1S/C17H15N3O2/c1-20(12-16(21)19-15-8-3-2-4-9-15)17(22)14-7-5-6-13(10-14)11-18/h2-10H,12H2,1H3,(H,19,21). The first-order valence-corrected chi connectivity index (χ1v) is 6.70. The molecule has 5 heteroatoms. The van der Waals surface area contributed by atoms with E-state index in [0.717, 1.165) is 0 Å². The summed E-state index contributed by atoms with van der Waals surface area (Å²) >= 11 is 0. The van der Waals surface area contributed by atoms with Crippen LogP contribution < -0.4 is 5.32 Å². The molecule has 5 nitrogen and oxygen atoms in total. The van der Waals surface area contributed by atoms with E-state index in [1.807, 2.05) is 24.3 Å². The first-order valence-electron chi connectivity index (χ1n) is 6.70. The summed E-state index contributed by atoms with van der Waals surface area (Å²) in [5, 5.41) is 11.6. The zero-order chi connectivity index (χ0) is 15.9. The third kappa shape index (κ3) is 3.93. The number of carbonyl (C=O) groups excluding carboxylic acids is 2. The monoisotopic (exact) mass is 293 g/mol. The van der Waals surface area contributed by atoms with Crippen LogP contribution in [-0.4, -0.2) is 30.3 Å². The van der Waals surface area contributed by atoms with Gasteiger partial charge in [-0.2, -0.15) is 5.26 Å². The molecule has 0 aromatic heterocycles. The summed E-state index contributed by atoms with van der Waals surface area (Å²) in [6.07, 6.45) is 0. The van der Waals surface area contributed by atoms with Crippen LogP contribution in [0, 0.1) is 11.3 Å². The van der Waals surface area contributed by atoms with Gasteiger partial charge in [-0.05, 0) is 30.3 Å². The number of rotatable bonds is 4. The SMILES string of the molecule is CN(CC(=O)Nc1ccccc1)C(=O)c1cccc(C#N)c1. The van der Waals surface area contributed by atoms with Gasteiger partial charge in [-0.15, -0.1) is 0 Å². The molecule has 22 heavy (non-hydrogen) atoms. The molecule has 0 bridgehead atoms. The van der Waals surface area contributed by atoms with Gasteiger partial charge in [-0.25, -0.2) is 0 Å². The molecule has 0 heterocycles. The molecule has 0 spiro atoms. The zero-order valence-electron chi connectivity index (χ0n) is 12.1. The lowest BCUT2D eigenvalue weighted by molar-refractivity contribution is -0.116. The molecular formula is C17H15N3O2. The predicted octanol–water partition coefficient (Wildman–Crippen LogP) is 2.27. The Morgan fingerprint density at radius 2 is 1.86 bits per heavy atom. The quantitative estimate of drug-likeness (QED) is 0.939. The van der Waals surface area contributed by atoms with Crippen LogP contribution in [0.15, 0.2) is 54.6 Å². The number of hydrogen-bond acceptors (Lipinski definition) is 3. The second-order valence-corrected chi connectivity index (χ2v) is 4.77. The number of nitriles is 1. The van der Waals surface area contributed by atoms with Gasteiger partial charge in [0, 0.05) is 18.3 Å². The van der Waals surface area contributed by atoms with Crippen molar-refractivity contribution < 1.29 is 9.59 Å². The summed E-state index contributed by atoms with van der Waals surface area (Å²) < 4.78 is 0. The van der Waals surface area contributed by atoms with Crippen molar-refractivity contribution in [1.29, 1.82) is 5.26 Å². The maximum atomic E-state index is 12.2. The number of hydrogen-bond donors (Lipinski definition) is 1. The Bertz CT molecular complexity index is 720. The van der Waals surface area contributed by atoms with Crippen molar-refractivity contribution in [2.75, 3.05) is 18.9 Å². The first kappa shape index (κ1) is 15.3. The van der Waals surface area contributed by atoms with Gasteiger partial charge in [0.2, 0.25) is 5.91 Å². The number of likely N-dealkylation sites (N-methyl/N-ethyl adjacent to an activating group) is 1. The largest absolute Gasteiger partial charge is 0.332 e. The molecule has 0 unspecified atom stereocenters. The number of nitrogens with one attached hydrogen (secondary N) is 1. The Morgan fingerprint density at radius 3 is 2.55 bits per heavy atom. The highest BCUT2D eigenvalue weighted by Crippen LogP contribution is 2.08. The zero-order valence-corrected chi connectivity index (χ0v) is 12.1. The normalized spacial score (nSPS) is 9.64. The average Bonchev–Trinajstić information content (AvgIpc) is 2.55. The lowest BCUT2D eigenvalue weighted by Gasteiger charge is -2.17. The highest BCUT2D eigenvalue weighted by molar-refractivity contribution is 5.99. The summed E-state index contributed by atoms with van der Waals surface area (Å²) in [5.41, 5.74) is 1.47. The fraction of sp³-hybridized carbons (Fsp3) is 0.118. The van der Waals surface area contributed by atoms with Gasteiger partial charge in [0.1, 0.15) is 0 Å². The minimum Gasteiger partial charge on any atom is -0.332 e. The van der Waals surface area contributed by atoms with E-state index in [9.17, 15) is 9.59 Å². The van der Waals surface area contributed by atoms with E-state index in [2.05, 4.69) is 5.32 Å². The highest BCUT2D eigenvalue weighted by Gasteiger charge is 2.15. The van der Waals surface area contributed by atoms with Crippen molar-refractivity contribution in [3.63, 3.8) is 0 Å². The van der Waals surface area contributed by atoms with E-state index in [1.54, 1.807) is 37.4 Å². The molecule has 0 saturated heterocycles. The molecule has 1 N–H and O–H groups in total. The predicted molar refractivity (Wildman–Crippen MR) is 83.2 cm³/mol. The summed E-state index contributed by atoms with van der Waals surface area (Å²) in [4.78, 5) is 25.5. The van der Waals surface area contributed by atoms with Crippen molar-refractivity contribution in [1.82, 2.24) is 4.90 Å². The van der Waals surface area contributed by atoms with Gasteiger partial charge in [-0.3, -0.25) is 9.59 Å². The van der Waals surface area contributed by atoms with Crippen LogP contribution in [0.5, 0.6) is 0 Å². The molecule has 0 aliphatic carbocycles. The Labute approximate surface area is 128 Å². The number of nitrogens with zero attached hydrogens (tertiary/aromatic N) is 2. The van der Waals surface area contributed by atoms with E-state index in [0.29, 0.717) is 16.8 Å². The fourth-order valence-corrected chi connectivity index (χ4v) is 1.95. The molecule has 2 aromatic rings. The van der Waals surface area contributed by atoms with Crippen LogP contribution in [0.3, 0.4) is 0 Å². The summed E-state index contributed by atoms with van der Waals surface area (Å²) in [7, 11) is 1.55. The number of anilines is 1. The third-order valence-corrected chi connectivity index (χ3v) is 3.02. The smallest absolute Gasteiger partial charge is 0.254 e. The number of benzene rings is 2. The van der Waals surface area contributed by atoms with Gasteiger partial charge < -0.3 is 10.2 Å². The first-order chi connectivity index (χ1) is 10.6. The molecule has 2 amide bonds. The third-order valence-electron chi connectivity index (χ3n) is 3.02. The summed E-state index contributed by atoms with van der Waals surface area (Å²) in [5.74, 6) is -0.584. The molecule has 110 valence electrons. The lowest BCUT2D eigenvalue weighted by Crippen LogP contribution is -2.34. The van der Waals surface area contributed by atoms with Crippen LogP contribution in [0.4, 0.5) is 5.69 Å². The molecular weight excluding hydrogens is 278 g/mol. The van der Waals surface area contributed by atoms with Gasteiger partial charge in [-0.1, -0.05) is 24.3 Å². The Hall–Kier alpha value is -3.13. The molecule has 0 atom stereocenters. The lowest BCUT2D eigenvalue weighted by atomic mass is 10.1. The number of para-hydroxylation sites is 1. The van der Waals surface area contributed by atoms with Crippen molar-refractivity contribution in [2.24, 2.45) is 0 Å². The fourth-order valence-electron chi connectivity index (χ4n) is 1.95. The van der Waals surface area contributed by atoms with Gasteiger partial charge in [0.15, 0.2) is 0 Å². The van der Waals surface area contributed by atoms with Crippen LogP contribution >= 0.6 is 0 Å².